The summed E-state index contributed by atoms with van der Waals surface area (Å²) in [7, 11) is 0. The lowest BCUT2D eigenvalue weighted by atomic mass is 10.2. The lowest BCUT2D eigenvalue weighted by Crippen LogP contribution is -1.96. The number of hydrogen-bond donors (Lipinski definition) is 0. The third-order valence-electron chi connectivity index (χ3n) is 3.72. The van der Waals surface area contributed by atoms with E-state index in [1.165, 1.54) is 43.4 Å². The van der Waals surface area contributed by atoms with Gasteiger partial charge in [0.05, 0.1) is 20.4 Å². The first-order valence-electron chi connectivity index (χ1n) is 6.77. The van der Waals surface area contributed by atoms with Crippen LogP contribution in [0.5, 0.6) is 0 Å². The highest BCUT2D eigenvalue weighted by Crippen LogP contribution is 2.42. The summed E-state index contributed by atoms with van der Waals surface area (Å²) in [6.45, 7) is 3.39. The van der Waals surface area contributed by atoms with E-state index in [0.717, 1.165) is 6.54 Å². The minimum Gasteiger partial charge on any atom is -0.339 e. The first kappa shape index (κ1) is 11.5. The van der Waals surface area contributed by atoms with Crippen LogP contribution in [0.15, 0.2) is 35.7 Å². The quantitative estimate of drug-likeness (QED) is 0.443. The van der Waals surface area contributed by atoms with E-state index in [1.807, 2.05) is 22.7 Å². The zero-order valence-corrected chi connectivity index (χ0v) is 12.5. The molecule has 4 aromatic rings. The zero-order valence-electron chi connectivity index (χ0n) is 10.8. The highest BCUT2D eigenvalue weighted by molar-refractivity contribution is 7.30. The molecule has 0 aliphatic heterocycles. The van der Waals surface area contributed by atoms with Gasteiger partial charge in [-0.05, 0) is 23.9 Å². The lowest BCUT2D eigenvalue weighted by molar-refractivity contribution is 0.666. The van der Waals surface area contributed by atoms with Gasteiger partial charge in [0.2, 0.25) is 0 Å². The Morgan fingerprint density at radius 2 is 2.00 bits per heavy atom. The summed E-state index contributed by atoms with van der Waals surface area (Å²) in [5.74, 6) is 0. The fourth-order valence-electron chi connectivity index (χ4n) is 2.81. The van der Waals surface area contributed by atoms with E-state index >= 15 is 0 Å². The maximum Gasteiger partial charge on any atom is 0.0713 e. The first-order valence-corrected chi connectivity index (χ1v) is 8.46. The molecule has 3 aromatic heterocycles. The van der Waals surface area contributed by atoms with Gasteiger partial charge in [-0.2, -0.15) is 0 Å². The number of thiophene rings is 2. The second-order valence-corrected chi connectivity index (χ2v) is 6.88. The number of aryl methyl sites for hydroxylation is 1. The second-order valence-electron chi connectivity index (χ2n) is 4.92. The molecule has 0 bridgehead atoms. The predicted octanol–water partition coefficient (Wildman–Crippen LogP) is 5.87. The average molecular weight is 285 g/mol. The lowest BCUT2D eigenvalue weighted by Gasteiger charge is -2.05. The summed E-state index contributed by atoms with van der Waals surface area (Å²) in [5, 5.41) is 3.64. The third kappa shape index (κ3) is 1.58. The van der Waals surface area contributed by atoms with Gasteiger partial charge in [0.15, 0.2) is 0 Å². The van der Waals surface area contributed by atoms with Crippen molar-refractivity contribution in [3.63, 3.8) is 0 Å². The van der Waals surface area contributed by atoms with Gasteiger partial charge in [-0.25, -0.2) is 0 Å². The summed E-state index contributed by atoms with van der Waals surface area (Å²) >= 11 is 3.82. The highest BCUT2D eigenvalue weighted by atomic mass is 32.1. The first-order chi connectivity index (χ1) is 9.40. The Morgan fingerprint density at radius 3 is 2.89 bits per heavy atom. The van der Waals surface area contributed by atoms with Gasteiger partial charge in [-0.15, -0.1) is 22.7 Å². The fraction of sp³-hybridized carbons (Fsp3) is 0.250. The van der Waals surface area contributed by atoms with Crippen molar-refractivity contribution in [1.29, 1.82) is 0 Å². The molecule has 0 unspecified atom stereocenters. The number of rotatable bonds is 3. The van der Waals surface area contributed by atoms with E-state index in [4.69, 9.17) is 0 Å². The normalized spacial score (nSPS) is 12.1. The van der Waals surface area contributed by atoms with Crippen molar-refractivity contribution in [2.75, 3.05) is 0 Å². The van der Waals surface area contributed by atoms with Crippen LogP contribution in [0.1, 0.15) is 19.8 Å². The Balaban J connectivity index is 2.14. The molecule has 0 amide bonds. The summed E-state index contributed by atoms with van der Waals surface area (Å²) in [6.07, 6.45) is 2.49. The van der Waals surface area contributed by atoms with Crippen molar-refractivity contribution < 1.29 is 0 Å². The molecule has 96 valence electrons. The molecule has 0 saturated heterocycles. The Morgan fingerprint density at radius 1 is 1.11 bits per heavy atom. The van der Waals surface area contributed by atoms with Crippen LogP contribution in [-0.4, -0.2) is 4.57 Å². The molecule has 0 radical (unpaired) electrons. The van der Waals surface area contributed by atoms with Gasteiger partial charge in [0, 0.05) is 16.6 Å². The summed E-state index contributed by atoms with van der Waals surface area (Å²) in [5.41, 5.74) is 2.88. The summed E-state index contributed by atoms with van der Waals surface area (Å²) in [4.78, 5) is 0. The van der Waals surface area contributed by atoms with Crippen LogP contribution in [0.3, 0.4) is 0 Å². The minimum atomic E-state index is 1.13. The molecule has 1 nitrogen and oxygen atoms in total. The molecule has 4 rings (SSSR count). The molecule has 1 aromatic carbocycles. The maximum absolute atomic E-state index is 2.53. The van der Waals surface area contributed by atoms with E-state index in [-0.39, 0.29) is 0 Å². The molecule has 3 heteroatoms. The van der Waals surface area contributed by atoms with Crippen LogP contribution < -0.4 is 0 Å². The van der Waals surface area contributed by atoms with Crippen molar-refractivity contribution in [1.82, 2.24) is 4.57 Å². The summed E-state index contributed by atoms with van der Waals surface area (Å²) < 4.78 is 6.88. The van der Waals surface area contributed by atoms with Gasteiger partial charge in [0.25, 0.3) is 0 Å². The molecule has 3 heterocycles. The van der Waals surface area contributed by atoms with Crippen LogP contribution in [0.4, 0.5) is 0 Å². The standard InChI is InChI=1S/C16H15NS2/c1-2-3-9-17-12-8-10-18-15(12)16-14(17)11-6-4-5-7-13(11)19-16/h4-8,10H,2-3,9H2,1H3. The largest absolute Gasteiger partial charge is 0.339 e. The average Bonchev–Trinajstić information content (AvgIpc) is 3.08. The van der Waals surface area contributed by atoms with Gasteiger partial charge in [-0.3, -0.25) is 0 Å². The molecule has 0 spiro atoms. The summed E-state index contributed by atoms with van der Waals surface area (Å²) in [6, 6.07) is 11.1. The number of unbranched alkanes of at least 4 members (excludes halogenated alkanes) is 1. The van der Waals surface area contributed by atoms with Crippen molar-refractivity contribution in [2.45, 2.75) is 26.3 Å². The molecule has 0 aliphatic carbocycles. The van der Waals surface area contributed by atoms with E-state index in [0.29, 0.717) is 0 Å². The topological polar surface area (TPSA) is 4.93 Å². The Bertz CT molecular complexity index is 863. The monoisotopic (exact) mass is 285 g/mol. The van der Waals surface area contributed by atoms with Gasteiger partial charge in [-0.1, -0.05) is 31.5 Å². The highest BCUT2D eigenvalue weighted by Gasteiger charge is 2.16. The molecule has 19 heavy (non-hydrogen) atoms. The van der Waals surface area contributed by atoms with E-state index in [9.17, 15) is 0 Å². The predicted molar refractivity (Wildman–Crippen MR) is 87.6 cm³/mol. The molecule has 0 saturated carbocycles. The number of nitrogens with zero attached hydrogens (tertiary/aromatic N) is 1. The number of hydrogen-bond acceptors (Lipinski definition) is 2. The van der Waals surface area contributed by atoms with Crippen LogP contribution in [0.25, 0.3) is 30.5 Å². The Kier molecular flexibility index (Phi) is 2.64. The van der Waals surface area contributed by atoms with Gasteiger partial charge in [0.1, 0.15) is 0 Å². The molecular formula is C16H15NS2. The van der Waals surface area contributed by atoms with Crippen molar-refractivity contribution in [2.24, 2.45) is 0 Å². The van der Waals surface area contributed by atoms with Crippen LogP contribution >= 0.6 is 22.7 Å². The van der Waals surface area contributed by atoms with E-state index in [1.54, 1.807) is 0 Å². The minimum absolute atomic E-state index is 1.13. The van der Waals surface area contributed by atoms with Crippen molar-refractivity contribution in [3.8, 4) is 0 Å². The van der Waals surface area contributed by atoms with Crippen LogP contribution in [-0.2, 0) is 6.54 Å². The van der Waals surface area contributed by atoms with E-state index in [2.05, 4.69) is 47.2 Å². The van der Waals surface area contributed by atoms with Crippen LogP contribution in [0.2, 0.25) is 0 Å². The molecule has 0 atom stereocenters. The maximum atomic E-state index is 2.53. The smallest absolute Gasteiger partial charge is 0.0713 e. The Hall–Kier alpha value is -1.32. The molecule has 0 fully saturated rings. The molecule has 0 N–H and O–H groups in total. The number of benzene rings is 1. The van der Waals surface area contributed by atoms with Gasteiger partial charge < -0.3 is 4.57 Å². The van der Waals surface area contributed by atoms with Crippen molar-refractivity contribution in [3.05, 3.63) is 35.7 Å². The van der Waals surface area contributed by atoms with E-state index < -0.39 is 0 Å². The number of aromatic nitrogens is 1. The number of fused-ring (bicyclic) bond motifs is 5. The zero-order chi connectivity index (χ0) is 12.8. The SMILES string of the molecule is CCCCn1c2ccsc2c2sc3ccccc3c21. The van der Waals surface area contributed by atoms with Crippen LogP contribution in [0, 0.1) is 0 Å². The molecule has 0 aliphatic rings. The molecular weight excluding hydrogens is 270 g/mol. The third-order valence-corrected chi connectivity index (χ3v) is 5.94. The Labute approximate surface area is 120 Å². The van der Waals surface area contributed by atoms with Crippen molar-refractivity contribution >= 4 is 53.2 Å². The fourth-order valence-corrected chi connectivity index (χ4v) is 5.07. The van der Waals surface area contributed by atoms with Gasteiger partial charge >= 0.3 is 0 Å². The second kappa shape index (κ2) is 4.36.